The first-order chi connectivity index (χ1) is 17.5. The van der Waals surface area contributed by atoms with E-state index in [-0.39, 0.29) is 6.16 Å². The highest BCUT2D eigenvalue weighted by atomic mass is 31.2. The molecule has 2 unspecified atom stereocenters. The average molecular weight is 538 g/mol. The molecule has 0 saturated heterocycles. The zero-order valence-corrected chi connectivity index (χ0v) is 25.2. The second-order valence-corrected chi connectivity index (χ2v) is 13.7. The maximum Gasteiger partial charge on any atom is 0.408 e. The maximum absolute atomic E-state index is 13.2. The maximum atomic E-state index is 13.2. The monoisotopic (exact) mass is 537 g/mol. The third-order valence-electron chi connectivity index (χ3n) is 7.16. The summed E-state index contributed by atoms with van der Waals surface area (Å²) >= 11 is 0. The van der Waals surface area contributed by atoms with Crippen molar-refractivity contribution >= 4 is 13.7 Å². The molecule has 0 bridgehead atoms. The molecule has 0 spiro atoms. The molecule has 1 amide bonds. The van der Waals surface area contributed by atoms with E-state index < -0.39 is 24.8 Å². The average Bonchev–Trinajstić information content (AvgIpc) is 3.24. The van der Waals surface area contributed by atoms with Crippen LogP contribution in [0.1, 0.15) is 123 Å². The highest BCUT2D eigenvalue weighted by molar-refractivity contribution is 7.53. The fraction of sp³-hybridized carbons (Fsp3) is 0.767. The van der Waals surface area contributed by atoms with Crippen LogP contribution in [0.25, 0.3) is 0 Å². The van der Waals surface area contributed by atoms with Crippen molar-refractivity contribution in [1.82, 2.24) is 5.32 Å². The summed E-state index contributed by atoms with van der Waals surface area (Å²) in [6.45, 7) is 12.1. The molecule has 1 N–H and O–H groups in total. The lowest BCUT2D eigenvalue weighted by Crippen LogP contribution is -2.49. The Kier molecular flexibility index (Phi) is 13.2. The first kappa shape index (κ1) is 31.9. The topological polar surface area (TPSA) is 73.9 Å². The van der Waals surface area contributed by atoms with Crippen LogP contribution in [0.3, 0.4) is 0 Å². The number of alkyl carbamates (subject to hydrolysis) is 1. The van der Waals surface area contributed by atoms with Crippen LogP contribution >= 0.6 is 7.60 Å². The molecule has 1 aliphatic carbocycles. The van der Waals surface area contributed by atoms with Crippen molar-refractivity contribution in [2.24, 2.45) is 0 Å². The summed E-state index contributed by atoms with van der Waals surface area (Å²) in [6.07, 6.45) is 11.9. The van der Waals surface area contributed by atoms with Crippen LogP contribution in [-0.2, 0) is 24.8 Å². The van der Waals surface area contributed by atoms with Crippen LogP contribution in [0, 0.1) is 0 Å². The Morgan fingerprint density at radius 2 is 1.62 bits per heavy atom. The molecule has 2 rings (SSSR count). The van der Waals surface area contributed by atoms with E-state index >= 15 is 0 Å². The summed E-state index contributed by atoms with van der Waals surface area (Å²) in [4.78, 5) is 12.8. The highest BCUT2D eigenvalue weighted by Crippen LogP contribution is 2.52. The number of benzene rings is 1. The Balaban J connectivity index is 2.06. The fourth-order valence-corrected chi connectivity index (χ4v) is 7.13. The van der Waals surface area contributed by atoms with Gasteiger partial charge in [-0.05, 0) is 90.2 Å². The standard InChI is InChI=1S/C30H52NO5P/c1-7-10-11-12-13-14-15-25-16-18-26(19-17-25)27-20-21-30(24-27,31-28(32)36-29(4,5)6)22-23-37(33,34-8-2)35-9-3/h16-19,27H,7-15,20-24H2,1-6H3,(H,31,32). The number of carbonyl (C=O) groups is 1. The number of ether oxygens (including phenoxy) is 1. The first-order valence-corrected chi connectivity index (χ1v) is 16.2. The predicted octanol–water partition coefficient (Wildman–Crippen LogP) is 8.78. The van der Waals surface area contributed by atoms with E-state index in [1.165, 1.54) is 49.7 Å². The molecule has 0 heterocycles. The molecule has 2 atom stereocenters. The number of unbranched alkanes of at least 4 members (excludes halogenated alkanes) is 5. The second kappa shape index (κ2) is 15.3. The van der Waals surface area contributed by atoms with Gasteiger partial charge >= 0.3 is 13.7 Å². The zero-order chi connectivity index (χ0) is 27.4. The number of rotatable bonds is 16. The van der Waals surface area contributed by atoms with Crippen molar-refractivity contribution in [3.8, 4) is 0 Å². The third-order valence-corrected chi connectivity index (χ3v) is 9.24. The molecule has 37 heavy (non-hydrogen) atoms. The van der Waals surface area contributed by atoms with Gasteiger partial charge in [-0.3, -0.25) is 4.57 Å². The van der Waals surface area contributed by atoms with Gasteiger partial charge in [-0.2, -0.15) is 0 Å². The molecule has 1 aromatic rings. The molecule has 1 saturated carbocycles. The number of nitrogens with one attached hydrogen (secondary N) is 1. The van der Waals surface area contributed by atoms with Crippen LogP contribution < -0.4 is 5.32 Å². The molecule has 0 radical (unpaired) electrons. The Labute approximate surface area is 226 Å². The zero-order valence-electron chi connectivity index (χ0n) is 24.3. The van der Waals surface area contributed by atoms with Crippen molar-refractivity contribution in [2.75, 3.05) is 19.4 Å². The molecule has 0 aromatic heterocycles. The van der Waals surface area contributed by atoms with Crippen molar-refractivity contribution in [3.05, 3.63) is 35.4 Å². The summed E-state index contributed by atoms with van der Waals surface area (Å²) in [7, 11) is -3.21. The van der Waals surface area contributed by atoms with Gasteiger partial charge in [0.05, 0.1) is 19.4 Å². The predicted molar refractivity (Wildman–Crippen MR) is 153 cm³/mol. The summed E-state index contributed by atoms with van der Waals surface area (Å²) < 4.78 is 29.8. The summed E-state index contributed by atoms with van der Waals surface area (Å²) in [5, 5.41) is 3.17. The molecular weight excluding hydrogens is 485 g/mol. The quantitative estimate of drug-likeness (QED) is 0.168. The highest BCUT2D eigenvalue weighted by Gasteiger charge is 2.43. The Morgan fingerprint density at radius 3 is 2.22 bits per heavy atom. The van der Waals surface area contributed by atoms with E-state index in [1.807, 2.05) is 34.6 Å². The van der Waals surface area contributed by atoms with Gasteiger partial charge in [0.1, 0.15) is 5.60 Å². The Morgan fingerprint density at radius 1 is 1.00 bits per heavy atom. The molecule has 1 aliphatic rings. The van der Waals surface area contributed by atoms with Gasteiger partial charge < -0.3 is 19.1 Å². The normalized spacial score (nSPS) is 20.2. The number of amides is 1. The van der Waals surface area contributed by atoms with Gasteiger partial charge in [0, 0.05) is 5.54 Å². The Hall–Kier alpha value is -1.36. The van der Waals surface area contributed by atoms with E-state index in [0.29, 0.717) is 25.6 Å². The lowest BCUT2D eigenvalue weighted by atomic mass is 9.90. The van der Waals surface area contributed by atoms with Crippen molar-refractivity contribution in [3.63, 3.8) is 0 Å². The molecule has 1 fully saturated rings. The smallest absolute Gasteiger partial charge is 0.408 e. The third kappa shape index (κ3) is 11.5. The van der Waals surface area contributed by atoms with E-state index in [4.69, 9.17) is 13.8 Å². The van der Waals surface area contributed by atoms with Crippen molar-refractivity contribution in [1.29, 1.82) is 0 Å². The minimum atomic E-state index is -3.21. The van der Waals surface area contributed by atoms with Gasteiger partial charge in [0.2, 0.25) is 0 Å². The van der Waals surface area contributed by atoms with Crippen LogP contribution in [-0.4, -0.2) is 36.6 Å². The minimum Gasteiger partial charge on any atom is -0.444 e. The number of hydrogen-bond acceptors (Lipinski definition) is 5. The summed E-state index contributed by atoms with van der Waals surface area (Å²) in [5.74, 6) is 0.330. The molecule has 6 nitrogen and oxygen atoms in total. The second-order valence-electron chi connectivity index (χ2n) is 11.5. The molecule has 7 heteroatoms. The SMILES string of the molecule is CCCCCCCCc1ccc(C2CCC(CCP(=O)(OCC)OCC)(NC(=O)OC(C)(C)C)C2)cc1. The number of aryl methyl sites for hydroxylation is 1. The summed E-state index contributed by atoms with van der Waals surface area (Å²) in [6, 6.07) is 9.04. The van der Waals surface area contributed by atoms with E-state index in [1.54, 1.807) is 0 Å². The van der Waals surface area contributed by atoms with Crippen LogP contribution in [0.2, 0.25) is 0 Å². The van der Waals surface area contributed by atoms with Gasteiger partial charge in [-0.1, -0.05) is 63.3 Å². The first-order valence-electron chi connectivity index (χ1n) is 14.5. The molecule has 212 valence electrons. The lowest BCUT2D eigenvalue weighted by molar-refractivity contribution is 0.0451. The van der Waals surface area contributed by atoms with Gasteiger partial charge in [0.25, 0.3) is 0 Å². The molecular formula is C30H52NO5P. The Bertz CT molecular complexity index is 841. The van der Waals surface area contributed by atoms with Crippen molar-refractivity contribution in [2.45, 2.75) is 129 Å². The lowest BCUT2D eigenvalue weighted by Gasteiger charge is -2.33. The number of carbonyl (C=O) groups excluding carboxylic acids is 1. The minimum absolute atomic E-state index is 0.272. The molecule has 0 aliphatic heterocycles. The van der Waals surface area contributed by atoms with E-state index in [2.05, 4.69) is 36.5 Å². The van der Waals surface area contributed by atoms with Crippen LogP contribution in [0.4, 0.5) is 4.79 Å². The van der Waals surface area contributed by atoms with Gasteiger partial charge in [-0.25, -0.2) is 4.79 Å². The van der Waals surface area contributed by atoms with Gasteiger partial charge in [-0.15, -0.1) is 0 Å². The fourth-order valence-electron chi connectivity index (χ4n) is 5.31. The van der Waals surface area contributed by atoms with E-state index in [0.717, 1.165) is 25.7 Å². The van der Waals surface area contributed by atoms with Crippen LogP contribution in [0.5, 0.6) is 0 Å². The van der Waals surface area contributed by atoms with Crippen LogP contribution in [0.15, 0.2) is 24.3 Å². The van der Waals surface area contributed by atoms with Gasteiger partial charge in [0.15, 0.2) is 0 Å². The summed E-state index contributed by atoms with van der Waals surface area (Å²) in [5.41, 5.74) is 1.61. The number of hydrogen-bond donors (Lipinski definition) is 1. The van der Waals surface area contributed by atoms with Crippen molar-refractivity contribution < 1.29 is 23.1 Å². The largest absolute Gasteiger partial charge is 0.444 e. The molecule has 1 aromatic carbocycles. The van der Waals surface area contributed by atoms with E-state index in [9.17, 15) is 9.36 Å².